The molecule has 1 fully saturated rings. The monoisotopic (exact) mass is 214 g/mol. The number of hydrogen-bond acceptors (Lipinski definition) is 3. The number of ether oxygens (including phenoxy) is 1. The van der Waals surface area contributed by atoms with Gasteiger partial charge in [0, 0.05) is 19.2 Å². The van der Waals surface area contributed by atoms with Gasteiger partial charge in [0.2, 0.25) is 5.91 Å². The van der Waals surface area contributed by atoms with Crippen molar-refractivity contribution in [2.75, 3.05) is 13.2 Å². The van der Waals surface area contributed by atoms with E-state index in [9.17, 15) is 4.79 Å². The molecular weight excluding hydrogens is 192 g/mol. The molecule has 0 aromatic heterocycles. The Bertz CT molecular complexity index is 219. The third-order valence-electron chi connectivity index (χ3n) is 3.08. The molecule has 3 atom stereocenters. The van der Waals surface area contributed by atoms with Crippen molar-refractivity contribution in [2.45, 2.75) is 39.3 Å². The van der Waals surface area contributed by atoms with Gasteiger partial charge in [0.1, 0.15) is 0 Å². The fourth-order valence-electron chi connectivity index (χ4n) is 1.66. The van der Waals surface area contributed by atoms with E-state index in [1.54, 1.807) is 0 Å². The summed E-state index contributed by atoms with van der Waals surface area (Å²) < 4.78 is 5.35. The third kappa shape index (κ3) is 3.47. The highest BCUT2D eigenvalue weighted by Crippen LogP contribution is 2.20. The maximum Gasteiger partial charge on any atom is 0.225 e. The Morgan fingerprint density at radius 2 is 2.27 bits per heavy atom. The predicted molar refractivity (Wildman–Crippen MR) is 59.3 cm³/mol. The van der Waals surface area contributed by atoms with Crippen molar-refractivity contribution in [3.8, 4) is 0 Å². The van der Waals surface area contributed by atoms with Crippen molar-refractivity contribution < 1.29 is 9.53 Å². The van der Waals surface area contributed by atoms with Gasteiger partial charge in [-0.1, -0.05) is 13.8 Å². The number of amides is 1. The van der Waals surface area contributed by atoms with Crippen LogP contribution in [0.25, 0.3) is 0 Å². The van der Waals surface area contributed by atoms with E-state index in [-0.39, 0.29) is 24.0 Å². The van der Waals surface area contributed by atoms with Crippen LogP contribution in [0.4, 0.5) is 0 Å². The number of rotatable bonds is 4. The molecule has 0 aromatic rings. The first kappa shape index (κ1) is 12.5. The van der Waals surface area contributed by atoms with E-state index >= 15 is 0 Å². The number of nitrogens with two attached hydrogens (primary N) is 1. The van der Waals surface area contributed by atoms with Crippen molar-refractivity contribution in [3.05, 3.63) is 0 Å². The van der Waals surface area contributed by atoms with Gasteiger partial charge in [0.25, 0.3) is 0 Å². The van der Waals surface area contributed by atoms with Gasteiger partial charge in [-0.2, -0.15) is 0 Å². The van der Waals surface area contributed by atoms with Gasteiger partial charge in [-0.05, 0) is 19.3 Å². The molecule has 1 saturated heterocycles. The predicted octanol–water partition coefficient (Wildman–Crippen LogP) is 0.511. The van der Waals surface area contributed by atoms with Gasteiger partial charge in [-0.25, -0.2) is 0 Å². The van der Waals surface area contributed by atoms with Crippen LogP contribution in [0.5, 0.6) is 0 Å². The quantitative estimate of drug-likeness (QED) is 0.716. The second kappa shape index (κ2) is 5.47. The standard InChI is InChI=1S/C11H22N2O2/c1-7(2)10(12)6-13-11(14)9-4-5-15-8(9)3/h7-10H,4-6,12H2,1-3H3,(H,13,14). The van der Waals surface area contributed by atoms with Crippen molar-refractivity contribution in [3.63, 3.8) is 0 Å². The normalized spacial score (nSPS) is 28.1. The summed E-state index contributed by atoms with van der Waals surface area (Å²) in [6.07, 6.45) is 0.865. The van der Waals surface area contributed by atoms with Gasteiger partial charge in [-0.15, -0.1) is 0 Å². The molecule has 15 heavy (non-hydrogen) atoms. The molecule has 1 heterocycles. The molecule has 0 spiro atoms. The van der Waals surface area contributed by atoms with E-state index in [1.807, 2.05) is 6.92 Å². The minimum Gasteiger partial charge on any atom is -0.378 e. The van der Waals surface area contributed by atoms with E-state index in [2.05, 4.69) is 19.2 Å². The fraction of sp³-hybridized carbons (Fsp3) is 0.909. The number of carbonyl (C=O) groups excluding carboxylic acids is 1. The lowest BCUT2D eigenvalue weighted by Gasteiger charge is -2.19. The van der Waals surface area contributed by atoms with Crippen LogP contribution in [0.2, 0.25) is 0 Å². The lowest BCUT2D eigenvalue weighted by molar-refractivity contribution is -0.126. The molecule has 4 heteroatoms. The Labute approximate surface area is 91.5 Å². The summed E-state index contributed by atoms with van der Waals surface area (Å²) in [6.45, 7) is 7.30. The maximum absolute atomic E-state index is 11.7. The molecule has 1 aliphatic heterocycles. The highest BCUT2D eigenvalue weighted by atomic mass is 16.5. The van der Waals surface area contributed by atoms with Crippen LogP contribution in [-0.4, -0.2) is 31.2 Å². The van der Waals surface area contributed by atoms with Crippen molar-refractivity contribution >= 4 is 5.91 Å². The van der Waals surface area contributed by atoms with Crippen molar-refractivity contribution in [1.82, 2.24) is 5.32 Å². The third-order valence-corrected chi connectivity index (χ3v) is 3.08. The summed E-state index contributed by atoms with van der Waals surface area (Å²) in [5, 5.41) is 2.89. The molecule has 3 unspecified atom stereocenters. The Kier molecular flexibility index (Phi) is 4.54. The summed E-state index contributed by atoms with van der Waals surface area (Å²) in [5.74, 6) is 0.475. The van der Waals surface area contributed by atoms with Gasteiger partial charge in [-0.3, -0.25) is 4.79 Å². The molecule has 0 aromatic carbocycles. The topological polar surface area (TPSA) is 64.3 Å². The Morgan fingerprint density at radius 3 is 2.73 bits per heavy atom. The van der Waals surface area contributed by atoms with Gasteiger partial charge in [0.05, 0.1) is 12.0 Å². The minimum atomic E-state index is 0.00404. The van der Waals surface area contributed by atoms with Crippen LogP contribution in [0, 0.1) is 11.8 Å². The molecular formula is C11H22N2O2. The zero-order chi connectivity index (χ0) is 11.4. The average Bonchev–Trinajstić information content (AvgIpc) is 2.60. The number of nitrogens with one attached hydrogen (secondary N) is 1. The van der Waals surface area contributed by atoms with E-state index in [0.717, 1.165) is 6.42 Å². The molecule has 0 aliphatic carbocycles. The molecule has 0 saturated carbocycles. The van der Waals surface area contributed by atoms with Gasteiger partial charge in [0.15, 0.2) is 0 Å². The van der Waals surface area contributed by atoms with E-state index < -0.39 is 0 Å². The Balaban J connectivity index is 2.29. The SMILES string of the molecule is CC(C)C(N)CNC(=O)C1CCOC1C. The first-order valence-corrected chi connectivity index (χ1v) is 5.67. The zero-order valence-electron chi connectivity index (χ0n) is 9.82. The molecule has 0 bridgehead atoms. The summed E-state index contributed by atoms with van der Waals surface area (Å²) in [5.41, 5.74) is 5.85. The van der Waals surface area contributed by atoms with Gasteiger partial charge < -0.3 is 15.8 Å². The average molecular weight is 214 g/mol. The van der Waals surface area contributed by atoms with Crippen LogP contribution < -0.4 is 11.1 Å². The Hall–Kier alpha value is -0.610. The van der Waals surface area contributed by atoms with Crippen molar-refractivity contribution in [1.29, 1.82) is 0 Å². The second-order valence-corrected chi connectivity index (χ2v) is 4.62. The Morgan fingerprint density at radius 1 is 1.60 bits per heavy atom. The lowest BCUT2D eigenvalue weighted by Crippen LogP contribution is -2.43. The lowest BCUT2D eigenvalue weighted by atomic mass is 10.0. The van der Waals surface area contributed by atoms with Crippen LogP contribution in [0.15, 0.2) is 0 Å². The molecule has 0 radical (unpaired) electrons. The first-order chi connectivity index (χ1) is 7.02. The summed E-state index contributed by atoms with van der Waals surface area (Å²) in [7, 11) is 0. The summed E-state index contributed by atoms with van der Waals surface area (Å²) >= 11 is 0. The van der Waals surface area contributed by atoms with Crippen LogP contribution in [0.1, 0.15) is 27.2 Å². The van der Waals surface area contributed by atoms with Gasteiger partial charge >= 0.3 is 0 Å². The molecule has 1 aliphatic rings. The molecule has 1 rings (SSSR count). The minimum absolute atomic E-state index is 0.00404. The number of carbonyl (C=O) groups is 1. The molecule has 1 amide bonds. The molecule has 4 nitrogen and oxygen atoms in total. The van der Waals surface area contributed by atoms with Crippen LogP contribution >= 0.6 is 0 Å². The molecule has 88 valence electrons. The van der Waals surface area contributed by atoms with Crippen LogP contribution in [-0.2, 0) is 9.53 Å². The summed E-state index contributed by atoms with van der Waals surface area (Å²) in [4.78, 5) is 11.7. The van der Waals surface area contributed by atoms with Crippen LogP contribution in [0.3, 0.4) is 0 Å². The highest BCUT2D eigenvalue weighted by Gasteiger charge is 2.30. The van der Waals surface area contributed by atoms with E-state index in [4.69, 9.17) is 10.5 Å². The smallest absolute Gasteiger partial charge is 0.225 e. The zero-order valence-corrected chi connectivity index (χ0v) is 9.82. The van der Waals surface area contributed by atoms with Crippen molar-refractivity contribution in [2.24, 2.45) is 17.6 Å². The summed E-state index contributed by atoms with van der Waals surface area (Å²) in [6, 6.07) is 0.0339. The largest absolute Gasteiger partial charge is 0.378 e. The van der Waals surface area contributed by atoms with E-state index in [1.165, 1.54) is 0 Å². The second-order valence-electron chi connectivity index (χ2n) is 4.62. The fourth-order valence-corrected chi connectivity index (χ4v) is 1.66. The van der Waals surface area contributed by atoms with E-state index in [0.29, 0.717) is 19.1 Å². The maximum atomic E-state index is 11.7. The highest BCUT2D eigenvalue weighted by molar-refractivity contribution is 5.79. The first-order valence-electron chi connectivity index (χ1n) is 5.67. The molecule has 3 N–H and O–H groups in total. The number of hydrogen-bond donors (Lipinski definition) is 2.